The summed E-state index contributed by atoms with van der Waals surface area (Å²) in [6.07, 6.45) is 2.50. The Bertz CT molecular complexity index is 1670. The van der Waals surface area contributed by atoms with Crippen molar-refractivity contribution in [3.05, 3.63) is 125 Å². The summed E-state index contributed by atoms with van der Waals surface area (Å²) in [4.78, 5) is 18.0. The van der Waals surface area contributed by atoms with Crippen LogP contribution in [0.5, 0.6) is 0 Å². The molecule has 0 radical (unpaired) electrons. The first-order valence-electron chi connectivity index (χ1n) is 14.2. The first-order chi connectivity index (χ1) is 21.0. The molecule has 1 aliphatic rings. The Balaban J connectivity index is 1.30. The van der Waals surface area contributed by atoms with Crippen LogP contribution in [0.4, 0.5) is 8.78 Å². The average Bonchev–Trinajstić information content (AvgIpc) is 3.59. The minimum absolute atomic E-state index is 0.0183. The van der Waals surface area contributed by atoms with E-state index in [0.29, 0.717) is 31.0 Å². The second-order valence-electron chi connectivity index (χ2n) is 10.7. The van der Waals surface area contributed by atoms with Crippen LogP contribution in [0.15, 0.2) is 97.5 Å². The minimum atomic E-state index is -2.96. The van der Waals surface area contributed by atoms with Crippen LogP contribution in [0.2, 0.25) is 5.02 Å². The standard InChI is InChI=1S/C33H29ClF2N6O/c34-27-10-12-31(42-21-38-39-40-42)29(19-27)26-9-11-30(37-20-26)28(17-22-5-2-1-3-6-22)25-8-4-7-24(18-25)23-13-15-41(16-14-23)33(43)32(35)36/h1-12,18-21,23,28,32H,13-17H2/t28-/m0/s1. The number of hydrogen-bond donors (Lipinski definition) is 0. The normalized spacial score (nSPS) is 14.7. The smallest absolute Gasteiger partial charge is 0.315 e. The summed E-state index contributed by atoms with van der Waals surface area (Å²) in [5, 5.41) is 12.2. The molecule has 0 unspecified atom stereocenters. The molecule has 3 aromatic carbocycles. The molecule has 0 saturated carbocycles. The van der Waals surface area contributed by atoms with E-state index in [9.17, 15) is 13.6 Å². The Morgan fingerprint density at radius 1 is 0.953 bits per heavy atom. The summed E-state index contributed by atoms with van der Waals surface area (Å²) in [7, 11) is 0. The van der Waals surface area contributed by atoms with Crippen LogP contribution in [-0.2, 0) is 11.2 Å². The zero-order chi connectivity index (χ0) is 29.8. The van der Waals surface area contributed by atoms with Crippen LogP contribution >= 0.6 is 11.6 Å². The lowest BCUT2D eigenvalue weighted by Crippen LogP contribution is -2.41. The van der Waals surface area contributed by atoms with Crippen molar-refractivity contribution >= 4 is 17.5 Å². The number of rotatable bonds is 8. The fourth-order valence-corrected chi connectivity index (χ4v) is 6.00. The van der Waals surface area contributed by atoms with Gasteiger partial charge < -0.3 is 4.90 Å². The molecule has 1 fully saturated rings. The van der Waals surface area contributed by atoms with Crippen molar-refractivity contribution in [1.82, 2.24) is 30.1 Å². The van der Waals surface area contributed by atoms with Gasteiger partial charge in [0.25, 0.3) is 5.91 Å². The van der Waals surface area contributed by atoms with Gasteiger partial charge in [-0.25, -0.2) is 0 Å². The SMILES string of the molecule is O=C(C(F)F)N1CCC(c2cccc([C@H](Cc3ccccc3)c3ccc(-c4cc(Cl)ccc4-n4cnnn4)cn3)c2)CC1. The highest BCUT2D eigenvalue weighted by Crippen LogP contribution is 2.35. The largest absolute Gasteiger partial charge is 0.338 e. The second kappa shape index (κ2) is 12.8. The van der Waals surface area contributed by atoms with E-state index in [4.69, 9.17) is 16.6 Å². The van der Waals surface area contributed by atoms with E-state index in [1.807, 2.05) is 48.7 Å². The molecule has 7 nitrogen and oxygen atoms in total. The third kappa shape index (κ3) is 6.46. The van der Waals surface area contributed by atoms with Gasteiger partial charge in [0, 0.05) is 47.0 Å². The van der Waals surface area contributed by atoms with Crippen molar-refractivity contribution in [2.75, 3.05) is 13.1 Å². The number of aromatic nitrogens is 5. The number of benzene rings is 3. The Labute approximate surface area is 253 Å². The maximum Gasteiger partial charge on any atom is 0.315 e. The molecule has 1 aliphatic heterocycles. The summed E-state index contributed by atoms with van der Waals surface area (Å²) >= 11 is 6.36. The zero-order valence-corrected chi connectivity index (χ0v) is 24.0. The molecule has 1 amide bonds. The van der Waals surface area contributed by atoms with Gasteiger partial charge in [0.15, 0.2) is 0 Å². The van der Waals surface area contributed by atoms with Crippen LogP contribution in [0, 0.1) is 0 Å². The quantitative estimate of drug-likeness (QED) is 0.198. The minimum Gasteiger partial charge on any atom is -0.338 e. The molecule has 218 valence electrons. The lowest BCUT2D eigenvalue weighted by atomic mass is 9.84. The Morgan fingerprint density at radius 2 is 1.77 bits per heavy atom. The van der Waals surface area contributed by atoms with Gasteiger partial charge in [-0.2, -0.15) is 13.5 Å². The molecular formula is C33H29ClF2N6O. The highest BCUT2D eigenvalue weighted by molar-refractivity contribution is 6.31. The zero-order valence-electron chi connectivity index (χ0n) is 23.2. The summed E-state index contributed by atoms with van der Waals surface area (Å²) in [6.45, 7) is 0.676. The number of halogens is 3. The molecule has 43 heavy (non-hydrogen) atoms. The fraction of sp³-hybridized carbons (Fsp3) is 0.242. The molecule has 1 atom stereocenters. The van der Waals surface area contributed by atoms with Crippen LogP contribution in [0.25, 0.3) is 16.8 Å². The second-order valence-corrected chi connectivity index (χ2v) is 11.1. The van der Waals surface area contributed by atoms with Gasteiger partial charge in [0.1, 0.15) is 6.33 Å². The molecule has 10 heteroatoms. The molecule has 3 heterocycles. The van der Waals surface area contributed by atoms with Gasteiger partial charge in [-0.1, -0.05) is 72.3 Å². The van der Waals surface area contributed by atoms with Crippen LogP contribution in [0.3, 0.4) is 0 Å². The van der Waals surface area contributed by atoms with Crippen molar-refractivity contribution in [1.29, 1.82) is 0 Å². The van der Waals surface area contributed by atoms with Crippen LogP contribution in [0.1, 0.15) is 47.1 Å². The molecule has 0 aliphatic carbocycles. The number of carbonyl (C=O) groups excluding carboxylic acids is 1. The lowest BCUT2D eigenvalue weighted by molar-refractivity contribution is -0.143. The number of piperidine rings is 1. The van der Waals surface area contributed by atoms with E-state index in [1.54, 1.807) is 10.7 Å². The molecular weight excluding hydrogens is 570 g/mol. The topological polar surface area (TPSA) is 76.8 Å². The van der Waals surface area contributed by atoms with Crippen molar-refractivity contribution in [3.63, 3.8) is 0 Å². The third-order valence-electron chi connectivity index (χ3n) is 8.07. The van der Waals surface area contributed by atoms with Crippen molar-refractivity contribution in [2.45, 2.75) is 37.5 Å². The number of carbonyl (C=O) groups is 1. The van der Waals surface area contributed by atoms with Gasteiger partial charge in [-0.15, -0.1) is 5.10 Å². The number of amides is 1. The number of tetrazole rings is 1. The monoisotopic (exact) mass is 598 g/mol. The third-order valence-corrected chi connectivity index (χ3v) is 8.30. The van der Waals surface area contributed by atoms with E-state index >= 15 is 0 Å². The lowest BCUT2D eigenvalue weighted by Gasteiger charge is -2.32. The fourth-order valence-electron chi connectivity index (χ4n) is 5.83. The van der Waals surface area contributed by atoms with Gasteiger partial charge in [0.05, 0.1) is 5.69 Å². The highest BCUT2D eigenvalue weighted by Gasteiger charge is 2.29. The highest BCUT2D eigenvalue weighted by atomic mass is 35.5. The van der Waals surface area contributed by atoms with E-state index in [-0.39, 0.29) is 11.8 Å². The van der Waals surface area contributed by atoms with Crippen molar-refractivity contribution in [2.24, 2.45) is 0 Å². The molecule has 0 N–H and O–H groups in total. The molecule has 0 bridgehead atoms. The molecule has 6 rings (SSSR count). The van der Waals surface area contributed by atoms with Gasteiger partial charge in [-0.05, 0) is 76.6 Å². The summed E-state index contributed by atoms with van der Waals surface area (Å²) in [5.74, 6) is -0.898. The number of hydrogen-bond acceptors (Lipinski definition) is 5. The predicted molar refractivity (Wildman–Crippen MR) is 160 cm³/mol. The number of pyridine rings is 1. The van der Waals surface area contributed by atoms with E-state index in [0.717, 1.165) is 40.1 Å². The Kier molecular flexibility index (Phi) is 8.51. The van der Waals surface area contributed by atoms with Crippen LogP contribution < -0.4 is 0 Å². The number of likely N-dealkylation sites (tertiary alicyclic amines) is 1. The number of alkyl halides is 2. The maximum absolute atomic E-state index is 12.9. The molecule has 1 saturated heterocycles. The first kappa shape index (κ1) is 28.6. The maximum atomic E-state index is 12.9. The van der Waals surface area contributed by atoms with Gasteiger partial charge in [-0.3, -0.25) is 9.78 Å². The predicted octanol–water partition coefficient (Wildman–Crippen LogP) is 6.72. The van der Waals surface area contributed by atoms with Gasteiger partial charge >= 0.3 is 6.43 Å². The van der Waals surface area contributed by atoms with E-state index in [1.165, 1.54) is 16.8 Å². The summed E-state index contributed by atoms with van der Waals surface area (Å²) in [6, 6.07) is 28.4. The van der Waals surface area contributed by atoms with Crippen molar-refractivity contribution in [3.8, 4) is 16.8 Å². The summed E-state index contributed by atoms with van der Waals surface area (Å²) in [5.41, 5.74) is 6.93. The first-order valence-corrected chi connectivity index (χ1v) is 14.5. The summed E-state index contributed by atoms with van der Waals surface area (Å²) < 4.78 is 27.4. The Hall–Kier alpha value is -4.50. The van der Waals surface area contributed by atoms with E-state index in [2.05, 4.69) is 51.9 Å². The van der Waals surface area contributed by atoms with Gasteiger partial charge in [0.2, 0.25) is 0 Å². The molecule has 2 aromatic heterocycles. The molecule has 0 spiro atoms. The van der Waals surface area contributed by atoms with E-state index < -0.39 is 12.3 Å². The number of nitrogens with zero attached hydrogens (tertiary/aromatic N) is 6. The average molecular weight is 599 g/mol. The molecule has 5 aromatic rings. The Morgan fingerprint density at radius 3 is 2.47 bits per heavy atom. The van der Waals surface area contributed by atoms with Crippen molar-refractivity contribution < 1.29 is 13.6 Å². The van der Waals surface area contributed by atoms with Crippen LogP contribution in [-0.4, -0.2) is 55.5 Å².